The fourth-order valence-corrected chi connectivity index (χ4v) is 2.10. The Balaban J connectivity index is 2.64. The first kappa shape index (κ1) is 12.5. The second-order valence-electron chi connectivity index (χ2n) is 3.91. The Morgan fingerprint density at radius 2 is 2.20 bits per heavy atom. The van der Waals surface area contributed by atoms with Crippen LogP contribution >= 0.6 is 11.6 Å². The van der Waals surface area contributed by atoms with Crippen LogP contribution in [0.4, 0.5) is 0 Å². The lowest BCUT2D eigenvalue weighted by atomic mass is 10.0. The molecule has 1 N–H and O–H groups in total. The number of nitrogens with zero attached hydrogens (tertiary/aromatic N) is 2. The minimum absolute atomic E-state index is 0.570. The van der Waals surface area contributed by atoms with Crippen molar-refractivity contribution in [1.82, 2.24) is 15.1 Å². The molecule has 0 saturated carbocycles. The standard InChI is InChI=1S/C11H20ClN3/c1-5-9(13-3)6-7-10-8(2)14-15(4)11(10)12/h9,13H,5-7H2,1-4H3. The van der Waals surface area contributed by atoms with Crippen molar-refractivity contribution in [3.05, 3.63) is 16.4 Å². The van der Waals surface area contributed by atoms with Gasteiger partial charge in [0.05, 0.1) is 5.69 Å². The summed E-state index contributed by atoms with van der Waals surface area (Å²) in [5.74, 6) is 0. The van der Waals surface area contributed by atoms with Gasteiger partial charge in [-0.25, -0.2) is 0 Å². The van der Waals surface area contributed by atoms with Crippen LogP contribution in [0.1, 0.15) is 31.0 Å². The zero-order chi connectivity index (χ0) is 11.4. The van der Waals surface area contributed by atoms with Gasteiger partial charge in [0.15, 0.2) is 0 Å². The molecular weight excluding hydrogens is 210 g/mol. The number of hydrogen-bond donors (Lipinski definition) is 1. The van der Waals surface area contributed by atoms with Gasteiger partial charge in [0.25, 0.3) is 0 Å². The Kier molecular flexibility index (Phi) is 4.61. The third-order valence-corrected chi connectivity index (χ3v) is 3.39. The Morgan fingerprint density at radius 1 is 1.53 bits per heavy atom. The normalized spacial score (nSPS) is 13.1. The highest BCUT2D eigenvalue weighted by molar-refractivity contribution is 6.30. The van der Waals surface area contributed by atoms with Crippen molar-refractivity contribution in [2.24, 2.45) is 7.05 Å². The van der Waals surface area contributed by atoms with E-state index in [0.29, 0.717) is 6.04 Å². The summed E-state index contributed by atoms with van der Waals surface area (Å²) in [5.41, 5.74) is 2.24. The summed E-state index contributed by atoms with van der Waals surface area (Å²) in [6.07, 6.45) is 3.25. The molecule has 0 aliphatic carbocycles. The smallest absolute Gasteiger partial charge is 0.130 e. The lowest BCUT2D eigenvalue weighted by Gasteiger charge is -2.13. The summed E-state index contributed by atoms with van der Waals surface area (Å²) >= 11 is 6.16. The van der Waals surface area contributed by atoms with E-state index in [1.807, 2.05) is 21.0 Å². The van der Waals surface area contributed by atoms with Crippen LogP contribution in [-0.2, 0) is 13.5 Å². The predicted molar refractivity (Wildman–Crippen MR) is 64.4 cm³/mol. The van der Waals surface area contributed by atoms with Crippen molar-refractivity contribution >= 4 is 11.6 Å². The Morgan fingerprint density at radius 3 is 2.60 bits per heavy atom. The maximum atomic E-state index is 6.16. The van der Waals surface area contributed by atoms with Gasteiger partial charge in [-0.3, -0.25) is 4.68 Å². The summed E-state index contributed by atoms with van der Waals surface area (Å²) in [5, 5.41) is 8.38. The zero-order valence-corrected chi connectivity index (χ0v) is 10.7. The van der Waals surface area contributed by atoms with E-state index in [1.165, 1.54) is 5.56 Å². The SMILES string of the molecule is CCC(CCc1c(C)nn(C)c1Cl)NC. The van der Waals surface area contributed by atoms with Crippen molar-refractivity contribution in [3.8, 4) is 0 Å². The molecule has 0 spiro atoms. The lowest BCUT2D eigenvalue weighted by molar-refractivity contribution is 0.508. The van der Waals surface area contributed by atoms with Gasteiger partial charge >= 0.3 is 0 Å². The summed E-state index contributed by atoms with van der Waals surface area (Å²) in [7, 11) is 3.89. The molecule has 0 aliphatic rings. The molecule has 1 aromatic heterocycles. The Bertz CT molecular complexity index is 316. The Hall–Kier alpha value is -0.540. The minimum Gasteiger partial charge on any atom is -0.317 e. The highest BCUT2D eigenvalue weighted by atomic mass is 35.5. The van der Waals surface area contributed by atoms with Gasteiger partial charge in [-0.1, -0.05) is 18.5 Å². The first-order chi connectivity index (χ1) is 7.10. The maximum absolute atomic E-state index is 6.16. The van der Waals surface area contributed by atoms with Crippen molar-refractivity contribution < 1.29 is 0 Å². The molecule has 0 aromatic carbocycles. The van der Waals surface area contributed by atoms with E-state index >= 15 is 0 Å². The predicted octanol–water partition coefficient (Wildman–Crippen LogP) is 2.31. The zero-order valence-electron chi connectivity index (χ0n) is 9.97. The highest BCUT2D eigenvalue weighted by Gasteiger charge is 2.12. The largest absolute Gasteiger partial charge is 0.317 e. The maximum Gasteiger partial charge on any atom is 0.130 e. The minimum atomic E-state index is 0.570. The van der Waals surface area contributed by atoms with E-state index in [4.69, 9.17) is 11.6 Å². The first-order valence-corrected chi connectivity index (χ1v) is 5.83. The third kappa shape index (κ3) is 2.95. The number of aryl methyl sites for hydroxylation is 2. The van der Waals surface area contributed by atoms with E-state index in [9.17, 15) is 0 Å². The van der Waals surface area contributed by atoms with Crippen LogP contribution in [0.3, 0.4) is 0 Å². The molecule has 0 radical (unpaired) electrons. The number of halogens is 1. The monoisotopic (exact) mass is 229 g/mol. The molecular formula is C11H20ClN3. The van der Waals surface area contributed by atoms with Gasteiger partial charge in [-0.15, -0.1) is 0 Å². The van der Waals surface area contributed by atoms with E-state index in [-0.39, 0.29) is 0 Å². The molecule has 0 fully saturated rings. The molecule has 3 nitrogen and oxygen atoms in total. The van der Waals surface area contributed by atoms with Crippen LogP contribution in [0.25, 0.3) is 0 Å². The molecule has 1 rings (SSSR count). The van der Waals surface area contributed by atoms with Crippen LogP contribution in [0.5, 0.6) is 0 Å². The molecule has 0 bridgehead atoms. The third-order valence-electron chi connectivity index (χ3n) is 2.91. The summed E-state index contributed by atoms with van der Waals surface area (Å²) in [6.45, 7) is 4.21. The molecule has 1 unspecified atom stereocenters. The van der Waals surface area contributed by atoms with Gasteiger partial charge in [0.2, 0.25) is 0 Å². The summed E-state index contributed by atoms with van der Waals surface area (Å²) < 4.78 is 1.74. The second-order valence-corrected chi connectivity index (χ2v) is 4.27. The molecule has 0 amide bonds. The van der Waals surface area contributed by atoms with Gasteiger partial charge in [0.1, 0.15) is 5.15 Å². The molecule has 86 valence electrons. The molecule has 15 heavy (non-hydrogen) atoms. The molecule has 4 heteroatoms. The van der Waals surface area contributed by atoms with E-state index in [0.717, 1.165) is 30.1 Å². The summed E-state index contributed by atoms with van der Waals surface area (Å²) in [6, 6.07) is 0.570. The molecule has 1 aromatic rings. The van der Waals surface area contributed by atoms with Gasteiger partial charge in [-0.2, -0.15) is 5.10 Å². The van der Waals surface area contributed by atoms with Crippen LogP contribution in [0.2, 0.25) is 5.15 Å². The van der Waals surface area contributed by atoms with E-state index < -0.39 is 0 Å². The molecule has 1 heterocycles. The average molecular weight is 230 g/mol. The quantitative estimate of drug-likeness (QED) is 0.840. The summed E-state index contributed by atoms with van der Waals surface area (Å²) in [4.78, 5) is 0. The van der Waals surface area contributed by atoms with Gasteiger partial charge in [-0.05, 0) is 33.2 Å². The average Bonchev–Trinajstić information content (AvgIpc) is 2.45. The van der Waals surface area contributed by atoms with E-state index in [1.54, 1.807) is 4.68 Å². The van der Waals surface area contributed by atoms with Crippen molar-refractivity contribution in [2.75, 3.05) is 7.05 Å². The first-order valence-electron chi connectivity index (χ1n) is 5.45. The molecule has 0 saturated heterocycles. The fourth-order valence-electron chi connectivity index (χ4n) is 1.83. The number of aromatic nitrogens is 2. The molecule has 0 aliphatic heterocycles. The van der Waals surface area contributed by atoms with Crippen molar-refractivity contribution in [3.63, 3.8) is 0 Å². The lowest BCUT2D eigenvalue weighted by Crippen LogP contribution is -2.24. The fraction of sp³-hybridized carbons (Fsp3) is 0.727. The number of hydrogen-bond acceptors (Lipinski definition) is 2. The topological polar surface area (TPSA) is 29.9 Å². The van der Waals surface area contributed by atoms with Crippen LogP contribution in [0.15, 0.2) is 0 Å². The van der Waals surface area contributed by atoms with Crippen molar-refractivity contribution in [1.29, 1.82) is 0 Å². The number of nitrogens with one attached hydrogen (secondary N) is 1. The Labute approximate surface area is 96.8 Å². The van der Waals surface area contributed by atoms with Gasteiger partial charge in [0, 0.05) is 18.7 Å². The van der Waals surface area contributed by atoms with Crippen LogP contribution in [-0.4, -0.2) is 22.9 Å². The molecule has 1 atom stereocenters. The van der Waals surface area contributed by atoms with Crippen LogP contribution < -0.4 is 5.32 Å². The highest BCUT2D eigenvalue weighted by Crippen LogP contribution is 2.20. The van der Waals surface area contributed by atoms with Crippen LogP contribution in [0, 0.1) is 6.92 Å². The van der Waals surface area contributed by atoms with Crippen molar-refractivity contribution in [2.45, 2.75) is 39.2 Å². The van der Waals surface area contributed by atoms with E-state index in [2.05, 4.69) is 17.3 Å². The second kappa shape index (κ2) is 5.52. The van der Waals surface area contributed by atoms with Gasteiger partial charge < -0.3 is 5.32 Å². The number of rotatable bonds is 5.